The lowest BCUT2D eigenvalue weighted by Crippen LogP contribution is -2.17. The summed E-state index contributed by atoms with van der Waals surface area (Å²) in [5.41, 5.74) is 4.83. The van der Waals surface area contributed by atoms with Gasteiger partial charge in [-0.25, -0.2) is 0 Å². The summed E-state index contributed by atoms with van der Waals surface area (Å²) in [4.78, 5) is 8.05. The Morgan fingerprint density at radius 2 is 0.875 bits per heavy atom. The quantitative estimate of drug-likeness (QED) is 0.320. The van der Waals surface area contributed by atoms with Crippen LogP contribution < -0.4 is 0 Å². The summed E-state index contributed by atoms with van der Waals surface area (Å²) >= 11 is 0. The maximum Gasteiger partial charge on any atom is 0.121 e. The maximum absolute atomic E-state index is 4.54. The fraction of sp³-hybridized carbons (Fsp3) is 0. The van der Waals surface area contributed by atoms with Gasteiger partial charge in [-0.3, -0.25) is 9.97 Å². The summed E-state index contributed by atoms with van der Waals surface area (Å²) < 4.78 is 0. The minimum atomic E-state index is 0.619. The van der Waals surface area contributed by atoms with E-state index in [1.165, 1.54) is 0 Å². The van der Waals surface area contributed by atoms with Gasteiger partial charge >= 0.3 is 0 Å². The molecular weight excluding hydrogens is 396 g/mol. The van der Waals surface area contributed by atoms with Gasteiger partial charge in [-0.1, -0.05) is 60.7 Å². The Morgan fingerprint density at radius 3 is 1.25 bits per heavy atom. The van der Waals surface area contributed by atoms with Crippen LogP contribution in [0.5, 0.6) is 0 Å². The van der Waals surface area contributed by atoms with Crippen LogP contribution in [-0.2, 0) is 0 Å². The van der Waals surface area contributed by atoms with Crippen LogP contribution in [0.25, 0.3) is 0 Å². The van der Waals surface area contributed by atoms with Crippen LogP contribution >= 0.6 is 0 Å². The summed E-state index contributed by atoms with van der Waals surface area (Å²) in [7, 11) is 0. The molecule has 2 aromatic heterocycles. The smallest absolute Gasteiger partial charge is 0.121 e. The molecule has 0 aliphatic heterocycles. The molecule has 0 N–H and O–H groups in total. The second-order valence-corrected chi connectivity index (χ2v) is 6.68. The molecule has 154 valence electrons. The number of benzene rings is 2. The van der Waals surface area contributed by atoms with Gasteiger partial charge in [0.05, 0.1) is 12.4 Å². The van der Waals surface area contributed by atoms with Gasteiger partial charge in [-0.2, -0.15) is 10.2 Å². The van der Waals surface area contributed by atoms with E-state index in [1.54, 1.807) is 37.2 Å². The number of rotatable bonds is 7. The molecule has 2 heterocycles. The highest BCUT2D eigenvalue weighted by Crippen LogP contribution is 2.11. The van der Waals surface area contributed by atoms with Crippen LogP contribution in [0, 0.1) is 0 Å². The predicted molar refractivity (Wildman–Crippen MR) is 130 cm³/mol. The van der Waals surface area contributed by atoms with E-state index < -0.39 is 0 Å². The monoisotopic (exact) mass is 416 g/mol. The van der Waals surface area contributed by atoms with E-state index >= 15 is 0 Å². The maximum atomic E-state index is 4.54. The molecule has 0 saturated carbocycles. The Labute approximate surface area is 186 Å². The first-order valence-electron chi connectivity index (χ1n) is 10.0. The minimum absolute atomic E-state index is 0.619. The number of hydrogen-bond donors (Lipinski definition) is 0. The van der Waals surface area contributed by atoms with E-state index in [-0.39, 0.29) is 0 Å². The van der Waals surface area contributed by atoms with Crippen LogP contribution in [0.2, 0.25) is 0 Å². The fourth-order valence-corrected chi connectivity index (χ4v) is 2.88. The van der Waals surface area contributed by atoms with Gasteiger partial charge in [0.15, 0.2) is 0 Å². The van der Waals surface area contributed by atoms with Gasteiger partial charge in [-0.15, -0.1) is 10.2 Å². The molecule has 0 radical (unpaired) electrons. The van der Waals surface area contributed by atoms with E-state index in [0.717, 1.165) is 22.3 Å². The van der Waals surface area contributed by atoms with Crippen molar-refractivity contribution in [2.24, 2.45) is 20.4 Å². The lowest BCUT2D eigenvalue weighted by atomic mass is 10.00. The molecular formula is C26H20N6. The van der Waals surface area contributed by atoms with E-state index in [9.17, 15) is 0 Å². The number of nitrogens with zero attached hydrogens (tertiary/aromatic N) is 6. The Kier molecular flexibility index (Phi) is 7.10. The van der Waals surface area contributed by atoms with Crippen LogP contribution in [-0.4, -0.2) is 33.8 Å². The van der Waals surface area contributed by atoms with Crippen molar-refractivity contribution in [3.8, 4) is 0 Å². The molecule has 0 bridgehead atoms. The molecule has 0 fully saturated rings. The highest BCUT2D eigenvalue weighted by Gasteiger charge is 2.14. The molecule has 4 aromatic rings. The van der Waals surface area contributed by atoms with E-state index in [1.807, 2.05) is 84.9 Å². The summed E-state index contributed by atoms with van der Waals surface area (Å²) in [5, 5.41) is 17.7. The van der Waals surface area contributed by atoms with Gasteiger partial charge in [0.2, 0.25) is 0 Å². The molecule has 0 amide bonds. The predicted octanol–water partition coefficient (Wildman–Crippen LogP) is 4.82. The highest BCUT2D eigenvalue weighted by molar-refractivity contribution is 6.53. The van der Waals surface area contributed by atoms with Gasteiger partial charge in [0.1, 0.15) is 11.4 Å². The van der Waals surface area contributed by atoms with E-state index in [0.29, 0.717) is 11.4 Å². The largest absolute Gasteiger partial charge is 0.265 e. The van der Waals surface area contributed by atoms with Crippen LogP contribution in [0.15, 0.2) is 130 Å². The zero-order valence-corrected chi connectivity index (χ0v) is 17.2. The standard InChI is InChI=1S/C26H20N6/c1-3-7-23(8-4-1)25(31-29-19-21-11-15-27-16-12-21)26(24-9-5-2-6-10-24)32-30-20-22-13-17-28-18-14-22/h1-20H. The summed E-state index contributed by atoms with van der Waals surface area (Å²) in [6.07, 6.45) is 10.2. The molecule has 6 nitrogen and oxygen atoms in total. The van der Waals surface area contributed by atoms with Gasteiger partial charge in [0, 0.05) is 35.9 Å². The van der Waals surface area contributed by atoms with Crippen molar-refractivity contribution in [1.82, 2.24) is 9.97 Å². The van der Waals surface area contributed by atoms with Crippen molar-refractivity contribution >= 4 is 23.9 Å². The lowest BCUT2D eigenvalue weighted by Gasteiger charge is -2.08. The van der Waals surface area contributed by atoms with Crippen molar-refractivity contribution in [3.05, 3.63) is 132 Å². The zero-order valence-electron chi connectivity index (χ0n) is 17.2. The first-order chi connectivity index (χ1) is 15.9. The molecule has 6 heteroatoms. The summed E-state index contributed by atoms with van der Waals surface area (Å²) in [6.45, 7) is 0. The van der Waals surface area contributed by atoms with Gasteiger partial charge in [-0.05, 0) is 35.4 Å². The van der Waals surface area contributed by atoms with Gasteiger partial charge < -0.3 is 0 Å². The third-order valence-electron chi connectivity index (χ3n) is 4.46. The third kappa shape index (κ3) is 5.73. The molecule has 0 unspecified atom stereocenters. The van der Waals surface area contributed by atoms with Crippen LogP contribution in [0.3, 0.4) is 0 Å². The van der Waals surface area contributed by atoms with Crippen molar-refractivity contribution in [2.45, 2.75) is 0 Å². The molecule has 0 aliphatic rings. The topological polar surface area (TPSA) is 75.2 Å². The average Bonchev–Trinajstić information content (AvgIpc) is 2.87. The molecule has 4 rings (SSSR count). The minimum Gasteiger partial charge on any atom is -0.265 e. The molecule has 2 aromatic carbocycles. The molecule has 0 atom stereocenters. The first kappa shape index (κ1) is 20.7. The number of hydrogen-bond acceptors (Lipinski definition) is 6. The van der Waals surface area contributed by atoms with Crippen molar-refractivity contribution in [2.75, 3.05) is 0 Å². The number of pyridine rings is 2. The highest BCUT2D eigenvalue weighted by atomic mass is 15.2. The number of aromatic nitrogens is 2. The van der Waals surface area contributed by atoms with Crippen LogP contribution in [0.4, 0.5) is 0 Å². The fourth-order valence-electron chi connectivity index (χ4n) is 2.88. The van der Waals surface area contributed by atoms with Crippen molar-refractivity contribution in [1.29, 1.82) is 0 Å². The van der Waals surface area contributed by atoms with Crippen molar-refractivity contribution in [3.63, 3.8) is 0 Å². The Balaban J connectivity index is 1.77. The average molecular weight is 416 g/mol. The normalized spacial score (nSPS) is 12.5. The van der Waals surface area contributed by atoms with Crippen LogP contribution in [0.1, 0.15) is 22.3 Å². The SMILES string of the molecule is C(=NN=C(C(=NN=Cc1ccncc1)c1ccccc1)c1ccccc1)c1ccncc1. The van der Waals surface area contributed by atoms with Crippen molar-refractivity contribution < 1.29 is 0 Å². The molecule has 0 spiro atoms. The second-order valence-electron chi connectivity index (χ2n) is 6.68. The Hall–Kier alpha value is -4.58. The Morgan fingerprint density at radius 1 is 0.500 bits per heavy atom. The summed E-state index contributed by atoms with van der Waals surface area (Å²) in [5.74, 6) is 0. The third-order valence-corrected chi connectivity index (χ3v) is 4.46. The molecule has 0 aliphatic carbocycles. The Bertz CT molecular complexity index is 1130. The van der Waals surface area contributed by atoms with Gasteiger partial charge in [0.25, 0.3) is 0 Å². The summed E-state index contributed by atoms with van der Waals surface area (Å²) in [6, 6.07) is 27.1. The first-order valence-corrected chi connectivity index (χ1v) is 10.0. The van der Waals surface area contributed by atoms with E-state index in [2.05, 4.69) is 30.4 Å². The van der Waals surface area contributed by atoms with E-state index in [4.69, 9.17) is 0 Å². The second kappa shape index (κ2) is 11.0. The molecule has 32 heavy (non-hydrogen) atoms. The molecule has 0 saturated heterocycles. The lowest BCUT2D eigenvalue weighted by molar-refractivity contribution is 1.23. The zero-order chi connectivity index (χ0) is 21.8.